The Balaban J connectivity index is 1.68. The normalized spacial score (nSPS) is 14.0. The summed E-state index contributed by atoms with van der Waals surface area (Å²) in [6, 6.07) is 12.9. The molecule has 4 amide bonds. The van der Waals surface area contributed by atoms with Crippen LogP contribution < -0.4 is 19.7 Å². The van der Waals surface area contributed by atoms with Gasteiger partial charge >= 0.3 is 6.03 Å². The predicted molar refractivity (Wildman–Crippen MR) is 151 cm³/mol. The number of carbonyl (C=O) groups is 3. The predicted octanol–water partition coefficient (Wildman–Crippen LogP) is 4.88. The van der Waals surface area contributed by atoms with E-state index in [4.69, 9.17) is 9.47 Å². The van der Waals surface area contributed by atoms with Crippen molar-refractivity contribution in [2.24, 2.45) is 0 Å². The number of ether oxygens (including phenoxy) is 2. The molecule has 0 aromatic heterocycles. The Labute approximate surface area is 239 Å². The summed E-state index contributed by atoms with van der Waals surface area (Å²) in [5.41, 5.74) is 1.11. The van der Waals surface area contributed by atoms with Crippen molar-refractivity contribution in [2.45, 2.75) is 20.0 Å². The summed E-state index contributed by atoms with van der Waals surface area (Å²) in [5, 5.41) is 24.0. The zero-order valence-corrected chi connectivity index (χ0v) is 22.3. The number of allylic oxidation sites excluding steroid dienone is 1. The number of anilines is 1. The molecule has 13 nitrogen and oxygen atoms in total. The molecule has 1 saturated heterocycles. The van der Waals surface area contributed by atoms with E-state index < -0.39 is 27.7 Å². The van der Waals surface area contributed by atoms with E-state index in [0.717, 1.165) is 12.1 Å². The highest BCUT2D eigenvalue weighted by Gasteiger charge is 2.37. The van der Waals surface area contributed by atoms with Gasteiger partial charge in [0, 0.05) is 29.8 Å². The second kappa shape index (κ2) is 12.6. The van der Waals surface area contributed by atoms with Gasteiger partial charge in [-0.25, -0.2) is 9.69 Å². The number of barbiturate groups is 1. The number of nitro groups is 2. The van der Waals surface area contributed by atoms with E-state index in [1.807, 2.05) is 0 Å². The molecule has 3 aromatic carbocycles. The molecule has 1 fully saturated rings. The standard InChI is InChI=1S/C29H24N4O9/c1-3-5-20-14-19(16-25(41-4-2)26(20)42-17-18-6-8-22(9-7-18)32(37)38)15-24-27(34)30-29(36)31(28(24)35)21-10-12-23(13-11-21)33(39)40/h3,6-16H,1,4-5,17H2,2H3,(H,30,34,36)/b24-15+. The smallest absolute Gasteiger partial charge is 0.335 e. The highest BCUT2D eigenvalue weighted by Crippen LogP contribution is 2.36. The van der Waals surface area contributed by atoms with E-state index in [0.29, 0.717) is 39.5 Å². The molecule has 13 heteroatoms. The van der Waals surface area contributed by atoms with Crippen molar-refractivity contribution in [1.29, 1.82) is 0 Å². The summed E-state index contributed by atoms with van der Waals surface area (Å²) >= 11 is 0. The molecule has 42 heavy (non-hydrogen) atoms. The second-order valence-corrected chi connectivity index (χ2v) is 8.88. The van der Waals surface area contributed by atoms with Crippen LogP contribution in [0.3, 0.4) is 0 Å². The molecular formula is C29H24N4O9. The van der Waals surface area contributed by atoms with Crippen molar-refractivity contribution in [2.75, 3.05) is 11.5 Å². The number of hydrogen-bond donors (Lipinski definition) is 1. The van der Waals surface area contributed by atoms with Crippen molar-refractivity contribution >= 4 is 41.0 Å². The Bertz CT molecular complexity index is 1610. The number of amides is 4. The molecule has 0 atom stereocenters. The maximum Gasteiger partial charge on any atom is 0.335 e. The lowest BCUT2D eigenvalue weighted by Gasteiger charge is -2.26. The Morgan fingerprint density at radius 3 is 2.12 bits per heavy atom. The van der Waals surface area contributed by atoms with Gasteiger partial charge in [0.2, 0.25) is 0 Å². The van der Waals surface area contributed by atoms with Gasteiger partial charge in [0.05, 0.1) is 22.1 Å². The van der Waals surface area contributed by atoms with E-state index >= 15 is 0 Å². The van der Waals surface area contributed by atoms with Crippen LogP contribution in [0.1, 0.15) is 23.6 Å². The van der Waals surface area contributed by atoms with Crippen LogP contribution in [0.2, 0.25) is 0 Å². The zero-order chi connectivity index (χ0) is 30.4. The van der Waals surface area contributed by atoms with Gasteiger partial charge in [0.1, 0.15) is 12.2 Å². The third-order valence-electron chi connectivity index (χ3n) is 6.08. The molecule has 1 heterocycles. The van der Waals surface area contributed by atoms with E-state index in [-0.39, 0.29) is 35.8 Å². The summed E-state index contributed by atoms with van der Waals surface area (Å²) in [6.45, 7) is 5.89. The van der Waals surface area contributed by atoms with Crippen LogP contribution in [0.15, 0.2) is 78.9 Å². The highest BCUT2D eigenvalue weighted by molar-refractivity contribution is 6.39. The molecule has 214 valence electrons. The quantitative estimate of drug-likeness (QED) is 0.111. The van der Waals surface area contributed by atoms with E-state index in [1.54, 1.807) is 37.3 Å². The minimum atomic E-state index is -0.992. The SMILES string of the molecule is C=CCc1cc(/C=C2\C(=O)NC(=O)N(c3ccc([N+](=O)[O-])cc3)C2=O)cc(OCC)c1OCc1ccc([N+](=O)[O-])cc1. The largest absolute Gasteiger partial charge is 0.490 e. The fourth-order valence-electron chi connectivity index (χ4n) is 4.15. The Hall–Kier alpha value is -5.85. The molecule has 0 radical (unpaired) electrons. The van der Waals surface area contributed by atoms with E-state index in [9.17, 15) is 34.6 Å². The maximum absolute atomic E-state index is 13.3. The van der Waals surface area contributed by atoms with E-state index in [2.05, 4.69) is 11.9 Å². The molecule has 0 saturated carbocycles. The number of nitrogens with zero attached hydrogens (tertiary/aromatic N) is 3. The molecule has 3 aromatic rings. The number of rotatable bonds is 11. The summed E-state index contributed by atoms with van der Waals surface area (Å²) in [5.74, 6) is -1.12. The minimum Gasteiger partial charge on any atom is -0.490 e. The second-order valence-electron chi connectivity index (χ2n) is 8.88. The third kappa shape index (κ3) is 6.31. The van der Waals surface area contributed by atoms with Crippen LogP contribution in [0, 0.1) is 20.2 Å². The van der Waals surface area contributed by atoms with Gasteiger partial charge in [-0.3, -0.25) is 35.1 Å². The van der Waals surface area contributed by atoms with Gasteiger partial charge < -0.3 is 9.47 Å². The number of benzene rings is 3. The maximum atomic E-state index is 13.3. The zero-order valence-electron chi connectivity index (χ0n) is 22.3. The topological polar surface area (TPSA) is 171 Å². The first-order valence-electron chi connectivity index (χ1n) is 12.6. The number of hydrogen-bond acceptors (Lipinski definition) is 9. The number of imide groups is 2. The Kier molecular flexibility index (Phi) is 8.71. The number of urea groups is 1. The van der Waals surface area contributed by atoms with Crippen molar-refractivity contribution in [3.05, 3.63) is 116 Å². The van der Waals surface area contributed by atoms with Gasteiger partial charge in [0.15, 0.2) is 11.5 Å². The van der Waals surface area contributed by atoms with Crippen LogP contribution in [0.25, 0.3) is 6.08 Å². The average Bonchev–Trinajstić information content (AvgIpc) is 2.95. The van der Waals surface area contributed by atoms with Crippen LogP contribution >= 0.6 is 0 Å². The lowest BCUT2D eigenvalue weighted by molar-refractivity contribution is -0.385. The summed E-state index contributed by atoms with van der Waals surface area (Å²) in [7, 11) is 0. The molecule has 1 N–H and O–H groups in total. The molecule has 1 aliphatic heterocycles. The molecule has 0 spiro atoms. The number of non-ortho nitro benzene ring substituents is 2. The number of nitro benzene ring substituents is 2. The van der Waals surface area contributed by atoms with Crippen molar-refractivity contribution in [3.63, 3.8) is 0 Å². The average molecular weight is 573 g/mol. The summed E-state index contributed by atoms with van der Waals surface area (Å²) < 4.78 is 11.9. The molecule has 0 bridgehead atoms. The monoisotopic (exact) mass is 572 g/mol. The third-order valence-corrected chi connectivity index (χ3v) is 6.08. The van der Waals surface area contributed by atoms with Gasteiger partial charge in [0.25, 0.3) is 23.2 Å². The fourth-order valence-corrected chi connectivity index (χ4v) is 4.15. The van der Waals surface area contributed by atoms with Crippen molar-refractivity contribution in [3.8, 4) is 11.5 Å². The lowest BCUT2D eigenvalue weighted by atomic mass is 10.0. The summed E-state index contributed by atoms with van der Waals surface area (Å²) in [6.07, 6.45) is 3.27. The Morgan fingerprint density at radius 1 is 0.929 bits per heavy atom. The highest BCUT2D eigenvalue weighted by atomic mass is 16.6. The minimum absolute atomic E-state index is 0.0406. The molecule has 0 aliphatic carbocycles. The first-order chi connectivity index (χ1) is 20.1. The van der Waals surface area contributed by atoms with Gasteiger partial charge in [-0.15, -0.1) is 6.58 Å². The van der Waals surface area contributed by atoms with Gasteiger partial charge in [-0.2, -0.15) is 0 Å². The molecule has 4 rings (SSSR count). The van der Waals surface area contributed by atoms with Crippen molar-refractivity contribution < 1.29 is 33.7 Å². The van der Waals surface area contributed by atoms with Gasteiger partial charge in [-0.05, 0) is 66.9 Å². The van der Waals surface area contributed by atoms with Crippen molar-refractivity contribution in [1.82, 2.24) is 5.32 Å². The van der Waals surface area contributed by atoms with E-state index in [1.165, 1.54) is 30.3 Å². The Morgan fingerprint density at radius 2 is 1.55 bits per heavy atom. The lowest BCUT2D eigenvalue weighted by Crippen LogP contribution is -2.54. The first-order valence-corrected chi connectivity index (χ1v) is 12.6. The molecule has 0 unspecified atom stereocenters. The van der Waals surface area contributed by atoms with Gasteiger partial charge in [-0.1, -0.05) is 6.08 Å². The fraction of sp³-hybridized carbons (Fsp3) is 0.138. The van der Waals surface area contributed by atoms with Crippen LogP contribution in [-0.4, -0.2) is 34.3 Å². The number of carbonyl (C=O) groups excluding carboxylic acids is 3. The number of nitrogens with one attached hydrogen (secondary N) is 1. The molecule has 1 aliphatic rings. The molecular weight excluding hydrogens is 548 g/mol. The summed E-state index contributed by atoms with van der Waals surface area (Å²) in [4.78, 5) is 60.1. The first kappa shape index (κ1) is 29.1. The van der Waals surface area contributed by atoms with Crippen LogP contribution in [0.5, 0.6) is 11.5 Å². The van der Waals surface area contributed by atoms with Crippen LogP contribution in [-0.2, 0) is 22.6 Å². The van der Waals surface area contributed by atoms with Crippen LogP contribution in [0.4, 0.5) is 21.9 Å².